The fraction of sp³-hybridized carbons (Fsp3) is 0.375. The first kappa shape index (κ1) is 27.3. The summed E-state index contributed by atoms with van der Waals surface area (Å²) < 4.78 is 39.6. The van der Waals surface area contributed by atoms with E-state index in [0.29, 0.717) is 6.07 Å². The third-order valence-corrected chi connectivity index (χ3v) is 5.25. The Balaban J connectivity index is 1.82. The zero-order valence-electron chi connectivity index (χ0n) is 20.3. The van der Waals surface area contributed by atoms with Crippen molar-refractivity contribution in [3.8, 4) is 23.3 Å². The molecule has 1 heterocycles. The lowest BCUT2D eigenvalue weighted by atomic mass is 10.0. The van der Waals surface area contributed by atoms with Crippen LogP contribution in [0.5, 0.6) is 17.2 Å². The number of halogens is 2. The van der Waals surface area contributed by atoms with Crippen LogP contribution < -0.4 is 20.5 Å². The molecular formula is C24H27F2N7O4. The number of para-hydroxylation sites is 2. The monoisotopic (exact) mass is 515 g/mol. The second-order valence-electron chi connectivity index (χ2n) is 8.74. The lowest BCUT2D eigenvalue weighted by Gasteiger charge is -2.25. The summed E-state index contributed by atoms with van der Waals surface area (Å²) in [7, 11) is 0. The Morgan fingerprint density at radius 2 is 2.00 bits per heavy atom. The van der Waals surface area contributed by atoms with Gasteiger partial charge in [-0.3, -0.25) is 4.79 Å². The van der Waals surface area contributed by atoms with Crippen molar-refractivity contribution in [2.45, 2.75) is 44.3 Å². The fourth-order valence-electron chi connectivity index (χ4n) is 3.27. The van der Waals surface area contributed by atoms with Crippen molar-refractivity contribution in [2.75, 3.05) is 13.2 Å². The maximum atomic E-state index is 14.0. The predicted octanol–water partition coefficient (Wildman–Crippen LogP) is 2.55. The molecule has 0 aliphatic heterocycles. The van der Waals surface area contributed by atoms with Crippen molar-refractivity contribution in [1.29, 1.82) is 5.26 Å². The molecule has 1 amide bonds. The Hall–Kier alpha value is -4.31. The number of aromatic hydroxyl groups is 1. The van der Waals surface area contributed by atoms with Gasteiger partial charge >= 0.3 is 0 Å². The van der Waals surface area contributed by atoms with Crippen LogP contribution in [0.2, 0.25) is 0 Å². The minimum atomic E-state index is -1.24. The van der Waals surface area contributed by atoms with Crippen molar-refractivity contribution in [3.63, 3.8) is 0 Å². The Morgan fingerprint density at radius 1 is 1.24 bits per heavy atom. The molecule has 0 saturated carbocycles. The number of hydrogen-bond donors (Lipinski definition) is 3. The highest BCUT2D eigenvalue weighted by molar-refractivity contribution is 5.85. The van der Waals surface area contributed by atoms with Crippen molar-refractivity contribution < 1.29 is 28.2 Å². The van der Waals surface area contributed by atoms with Gasteiger partial charge in [-0.05, 0) is 48.5 Å². The van der Waals surface area contributed by atoms with E-state index in [1.54, 1.807) is 18.2 Å². The number of benzene rings is 2. The number of nitriles is 1. The summed E-state index contributed by atoms with van der Waals surface area (Å²) in [6, 6.07) is 9.78. The molecule has 2 aromatic carbocycles. The van der Waals surface area contributed by atoms with E-state index in [4.69, 9.17) is 15.2 Å². The molecule has 2 atom stereocenters. The number of rotatable bonds is 12. The van der Waals surface area contributed by atoms with Gasteiger partial charge in [-0.15, -0.1) is 5.10 Å². The summed E-state index contributed by atoms with van der Waals surface area (Å²) in [5, 5.41) is 33.8. The second-order valence-corrected chi connectivity index (χ2v) is 8.74. The minimum absolute atomic E-state index is 0.0496. The van der Waals surface area contributed by atoms with Gasteiger partial charge in [0.15, 0.2) is 28.9 Å². The zero-order chi connectivity index (χ0) is 27.0. The molecule has 0 spiro atoms. The van der Waals surface area contributed by atoms with E-state index in [2.05, 4.69) is 26.9 Å². The average molecular weight is 516 g/mol. The number of amides is 1. The number of phenolic OH excluding ortho intramolecular Hbond substituents is 1. The van der Waals surface area contributed by atoms with Crippen LogP contribution in [0.3, 0.4) is 0 Å². The maximum Gasteiger partial charge on any atom is 0.240 e. The lowest BCUT2D eigenvalue weighted by Crippen LogP contribution is -2.50. The Labute approximate surface area is 211 Å². The SMILES string of the molecule is CC(C)(N)C(=O)N[C@H](CCOc1ccc(F)cc1F)c1nnnn1[C@H](CC#N)COc1ccccc1O. The number of hydrogen-bond acceptors (Lipinski definition) is 9. The van der Waals surface area contributed by atoms with E-state index in [1.807, 2.05) is 0 Å². The molecular weight excluding hydrogens is 488 g/mol. The molecule has 0 bridgehead atoms. The van der Waals surface area contributed by atoms with Crippen LogP contribution in [0.1, 0.15) is 44.6 Å². The molecule has 13 heteroatoms. The number of ether oxygens (including phenoxy) is 2. The standard InChI is InChI=1S/C24H27F2N7O4/c1-24(2,28)23(35)29-18(10-12-36-20-8-7-15(25)13-17(20)26)22-30-31-32-33(22)16(9-11-27)14-37-21-6-4-3-5-19(21)34/h3-8,13,16,18,34H,9-10,12,14,28H2,1-2H3,(H,29,35)/t16-,18-/m1/s1. The summed E-state index contributed by atoms with van der Waals surface area (Å²) in [5.41, 5.74) is 4.70. The second kappa shape index (κ2) is 12.1. The predicted molar refractivity (Wildman–Crippen MR) is 126 cm³/mol. The highest BCUT2D eigenvalue weighted by Crippen LogP contribution is 2.27. The van der Waals surface area contributed by atoms with E-state index in [-0.39, 0.29) is 49.1 Å². The van der Waals surface area contributed by atoms with E-state index < -0.39 is 35.2 Å². The molecule has 196 valence electrons. The normalized spacial score (nSPS) is 12.9. The highest BCUT2D eigenvalue weighted by atomic mass is 19.1. The smallest absolute Gasteiger partial charge is 0.240 e. The third kappa shape index (κ3) is 7.34. The highest BCUT2D eigenvalue weighted by Gasteiger charge is 2.30. The minimum Gasteiger partial charge on any atom is -0.504 e. The van der Waals surface area contributed by atoms with Crippen molar-refractivity contribution in [1.82, 2.24) is 25.5 Å². The number of carbonyl (C=O) groups is 1. The van der Waals surface area contributed by atoms with Crippen LogP contribution in [-0.4, -0.2) is 50.0 Å². The first-order valence-electron chi connectivity index (χ1n) is 11.3. The molecule has 0 fully saturated rings. The number of nitrogens with zero attached hydrogens (tertiary/aromatic N) is 5. The molecule has 0 radical (unpaired) electrons. The van der Waals surface area contributed by atoms with Crippen LogP contribution in [0.25, 0.3) is 0 Å². The van der Waals surface area contributed by atoms with Gasteiger partial charge in [-0.25, -0.2) is 13.5 Å². The van der Waals surface area contributed by atoms with Crippen LogP contribution in [-0.2, 0) is 4.79 Å². The molecule has 3 aromatic rings. The molecule has 0 aliphatic rings. The quantitative estimate of drug-likeness (QED) is 0.329. The van der Waals surface area contributed by atoms with Crippen LogP contribution in [0.15, 0.2) is 42.5 Å². The van der Waals surface area contributed by atoms with Crippen molar-refractivity contribution in [3.05, 3.63) is 59.9 Å². The fourth-order valence-corrected chi connectivity index (χ4v) is 3.27. The zero-order valence-corrected chi connectivity index (χ0v) is 20.3. The number of phenols is 1. The molecule has 0 saturated heterocycles. The molecule has 3 rings (SSSR count). The van der Waals surface area contributed by atoms with Gasteiger partial charge in [0.1, 0.15) is 18.5 Å². The molecule has 0 aliphatic carbocycles. The van der Waals surface area contributed by atoms with Gasteiger partial charge in [-0.2, -0.15) is 5.26 Å². The lowest BCUT2D eigenvalue weighted by molar-refractivity contribution is -0.126. The first-order chi connectivity index (χ1) is 17.6. The summed E-state index contributed by atoms with van der Waals surface area (Å²) in [4.78, 5) is 12.7. The summed E-state index contributed by atoms with van der Waals surface area (Å²) >= 11 is 0. The van der Waals surface area contributed by atoms with Gasteiger partial charge in [0.25, 0.3) is 0 Å². The molecule has 11 nitrogen and oxygen atoms in total. The number of tetrazole rings is 1. The van der Waals surface area contributed by atoms with Gasteiger partial charge in [-0.1, -0.05) is 12.1 Å². The Morgan fingerprint density at radius 3 is 2.68 bits per heavy atom. The molecule has 1 aromatic heterocycles. The first-order valence-corrected chi connectivity index (χ1v) is 11.3. The van der Waals surface area contributed by atoms with Crippen molar-refractivity contribution >= 4 is 5.91 Å². The Bertz CT molecular complexity index is 1260. The van der Waals surface area contributed by atoms with Gasteiger partial charge in [0, 0.05) is 12.5 Å². The van der Waals surface area contributed by atoms with Gasteiger partial charge < -0.3 is 25.6 Å². The van der Waals surface area contributed by atoms with E-state index in [1.165, 1.54) is 24.6 Å². The number of aromatic nitrogens is 4. The largest absolute Gasteiger partial charge is 0.504 e. The topological polar surface area (TPSA) is 161 Å². The average Bonchev–Trinajstić information content (AvgIpc) is 3.32. The third-order valence-electron chi connectivity index (χ3n) is 5.25. The van der Waals surface area contributed by atoms with Gasteiger partial charge in [0.2, 0.25) is 5.91 Å². The summed E-state index contributed by atoms with van der Waals surface area (Å²) in [5.74, 6) is -1.97. The maximum absolute atomic E-state index is 14.0. The summed E-state index contributed by atoms with van der Waals surface area (Å²) in [6.45, 7) is 2.88. The van der Waals surface area contributed by atoms with E-state index in [9.17, 15) is 23.9 Å². The molecule has 4 N–H and O–H groups in total. The van der Waals surface area contributed by atoms with Crippen LogP contribution in [0.4, 0.5) is 8.78 Å². The number of carbonyl (C=O) groups excluding carboxylic acids is 1. The molecule has 37 heavy (non-hydrogen) atoms. The summed E-state index contributed by atoms with van der Waals surface area (Å²) in [6.07, 6.45) is 0.0323. The van der Waals surface area contributed by atoms with Crippen LogP contribution >= 0.6 is 0 Å². The Kier molecular flexibility index (Phi) is 8.91. The molecule has 0 unspecified atom stereocenters. The number of nitrogens with one attached hydrogen (secondary N) is 1. The van der Waals surface area contributed by atoms with E-state index in [0.717, 1.165) is 12.1 Å². The number of nitrogens with two attached hydrogens (primary N) is 1. The van der Waals surface area contributed by atoms with E-state index >= 15 is 0 Å². The van der Waals surface area contributed by atoms with Gasteiger partial charge in [0.05, 0.1) is 30.7 Å². The van der Waals surface area contributed by atoms with Crippen molar-refractivity contribution in [2.24, 2.45) is 5.73 Å². The van der Waals surface area contributed by atoms with Crippen LogP contribution in [0, 0.1) is 23.0 Å².